The molecule has 2 amide bonds. The summed E-state index contributed by atoms with van der Waals surface area (Å²) in [7, 11) is 0. The summed E-state index contributed by atoms with van der Waals surface area (Å²) in [5.41, 5.74) is 0. The van der Waals surface area contributed by atoms with Crippen LogP contribution in [-0.2, 0) is 9.53 Å². The number of hydrogen-bond acceptors (Lipinski definition) is 5. The van der Waals surface area contributed by atoms with Gasteiger partial charge in [-0.3, -0.25) is 14.9 Å². The molecule has 2 heterocycles. The van der Waals surface area contributed by atoms with Gasteiger partial charge in [0, 0.05) is 6.61 Å². The number of piperidine rings is 1. The topological polar surface area (TPSA) is 67.4 Å². The number of carbonyl (C=O) groups excluding carboxylic acids is 2. The molecule has 3 unspecified atom stereocenters. The summed E-state index contributed by atoms with van der Waals surface area (Å²) >= 11 is 1.16. The predicted molar refractivity (Wildman–Crippen MR) is 101 cm³/mol. The lowest BCUT2D eigenvalue weighted by Gasteiger charge is -2.31. The van der Waals surface area contributed by atoms with Gasteiger partial charge in [0.2, 0.25) is 5.91 Å². The maximum Gasteiger partial charge on any atom is 0.286 e. The molecule has 3 aliphatic rings. The molecule has 0 aromatic rings. The Morgan fingerprint density at radius 3 is 2.52 bits per heavy atom. The number of rotatable bonds is 7. The van der Waals surface area contributed by atoms with E-state index in [0.29, 0.717) is 12.0 Å². The highest BCUT2D eigenvalue weighted by molar-refractivity contribution is 8.15. The SMILES string of the molecule is CCC1CNCC(CCOC2CCC(CC3SC(=O)NC3=O)CC2)C1. The van der Waals surface area contributed by atoms with E-state index in [2.05, 4.69) is 17.6 Å². The number of imide groups is 1. The molecule has 0 aromatic carbocycles. The molecular weight excluding hydrogens is 336 g/mol. The Bertz CT molecular complexity index is 466. The first-order chi connectivity index (χ1) is 12.1. The quantitative estimate of drug-likeness (QED) is 0.721. The molecule has 1 saturated carbocycles. The Labute approximate surface area is 155 Å². The summed E-state index contributed by atoms with van der Waals surface area (Å²) in [6, 6.07) is 0. The minimum Gasteiger partial charge on any atom is -0.378 e. The van der Waals surface area contributed by atoms with Crippen molar-refractivity contribution in [3.63, 3.8) is 0 Å². The lowest BCUT2D eigenvalue weighted by atomic mass is 9.84. The number of thioether (sulfide) groups is 1. The van der Waals surface area contributed by atoms with Crippen molar-refractivity contribution < 1.29 is 14.3 Å². The molecule has 2 N–H and O–H groups in total. The Kier molecular flexibility index (Phi) is 7.19. The molecule has 3 rings (SSSR count). The average molecular weight is 369 g/mol. The van der Waals surface area contributed by atoms with E-state index in [1.165, 1.54) is 25.8 Å². The van der Waals surface area contributed by atoms with Gasteiger partial charge in [0.15, 0.2) is 0 Å². The molecule has 2 aliphatic heterocycles. The van der Waals surface area contributed by atoms with E-state index in [-0.39, 0.29) is 16.4 Å². The van der Waals surface area contributed by atoms with Crippen LogP contribution in [0, 0.1) is 17.8 Å². The summed E-state index contributed by atoms with van der Waals surface area (Å²) in [5, 5.41) is 5.59. The van der Waals surface area contributed by atoms with Crippen molar-refractivity contribution in [1.82, 2.24) is 10.6 Å². The van der Waals surface area contributed by atoms with Crippen LogP contribution in [0.4, 0.5) is 4.79 Å². The van der Waals surface area contributed by atoms with Crippen LogP contribution < -0.4 is 10.6 Å². The van der Waals surface area contributed by atoms with Crippen molar-refractivity contribution in [2.75, 3.05) is 19.7 Å². The molecule has 0 radical (unpaired) electrons. The van der Waals surface area contributed by atoms with E-state index in [4.69, 9.17) is 4.74 Å². The number of nitrogens with one attached hydrogen (secondary N) is 2. The van der Waals surface area contributed by atoms with Gasteiger partial charge in [-0.05, 0) is 75.8 Å². The fourth-order valence-corrected chi connectivity index (χ4v) is 5.40. The Hall–Kier alpha value is -0.590. The molecular formula is C19H32N2O3S. The predicted octanol–water partition coefficient (Wildman–Crippen LogP) is 3.33. The number of ether oxygens (including phenoxy) is 1. The van der Waals surface area contributed by atoms with Gasteiger partial charge in [0.05, 0.1) is 11.4 Å². The van der Waals surface area contributed by atoms with Crippen LogP contribution in [-0.4, -0.2) is 42.2 Å². The molecule has 0 aromatic heterocycles. The second-order valence-corrected chi connectivity index (χ2v) is 9.13. The van der Waals surface area contributed by atoms with Crippen LogP contribution in [0.25, 0.3) is 0 Å². The van der Waals surface area contributed by atoms with Crippen molar-refractivity contribution in [2.45, 2.75) is 69.6 Å². The third-order valence-corrected chi connectivity index (χ3v) is 7.11. The van der Waals surface area contributed by atoms with E-state index < -0.39 is 0 Å². The summed E-state index contributed by atoms with van der Waals surface area (Å²) in [6.45, 7) is 5.49. The van der Waals surface area contributed by atoms with E-state index >= 15 is 0 Å². The first kappa shape index (κ1) is 19.2. The van der Waals surface area contributed by atoms with Crippen molar-refractivity contribution in [3.8, 4) is 0 Å². The maximum atomic E-state index is 11.7. The zero-order valence-electron chi connectivity index (χ0n) is 15.3. The van der Waals surface area contributed by atoms with Crippen LogP contribution >= 0.6 is 11.8 Å². The van der Waals surface area contributed by atoms with Gasteiger partial charge in [-0.1, -0.05) is 25.1 Å². The normalized spacial score (nSPS) is 36.4. The zero-order chi connectivity index (χ0) is 17.6. The molecule has 0 spiro atoms. The summed E-state index contributed by atoms with van der Waals surface area (Å²) in [4.78, 5) is 22.9. The molecule has 5 nitrogen and oxygen atoms in total. The molecule has 3 fully saturated rings. The largest absolute Gasteiger partial charge is 0.378 e. The molecule has 3 atom stereocenters. The standard InChI is InChI=1S/C19H32N2O3S/c1-2-13-9-15(12-20-11-13)7-8-24-16-5-3-14(4-6-16)10-17-18(22)21-19(23)25-17/h13-17,20H,2-12H2,1H3,(H,21,22,23). The van der Waals surface area contributed by atoms with Crippen LogP contribution in [0.2, 0.25) is 0 Å². The molecule has 142 valence electrons. The van der Waals surface area contributed by atoms with Gasteiger partial charge >= 0.3 is 0 Å². The van der Waals surface area contributed by atoms with Gasteiger partial charge in [-0.15, -0.1) is 0 Å². The third kappa shape index (κ3) is 5.69. The molecule has 0 bridgehead atoms. The van der Waals surface area contributed by atoms with Crippen LogP contribution in [0.1, 0.15) is 58.3 Å². The minimum atomic E-state index is -0.186. The van der Waals surface area contributed by atoms with Crippen molar-refractivity contribution in [1.29, 1.82) is 0 Å². The highest BCUT2D eigenvalue weighted by atomic mass is 32.2. The van der Waals surface area contributed by atoms with Crippen molar-refractivity contribution in [3.05, 3.63) is 0 Å². The zero-order valence-corrected chi connectivity index (χ0v) is 16.1. The summed E-state index contributed by atoms with van der Waals surface area (Å²) in [5.74, 6) is 2.07. The number of amides is 2. The number of hydrogen-bond donors (Lipinski definition) is 2. The van der Waals surface area contributed by atoms with Crippen LogP contribution in [0.5, 0.6) is 0 Å². The monoisotopic (exact) mass is 368 g/mol. The van der Waals surface area contributed by atoms with Gasteiger partial charge < -0.3 is 10.1 Å². The smallest absolute Gasteiger partial charge is 0.286 e. The maximum absolute atomic E-state index is 11.7. The molecule has 25 heavy (non-hydrogen) atoms. The molecule has 2 saturated heterocycles. The second kappa shape index (κ2) is 9.38. The molecule has 6 heteroatoms. The van der Waals surface area contributed by atoms with Gasteiger partial charge in [0.25, 0.3) is 5.24 Å². The van der Waals surface area contributed by atoms with E-state index in [9.17, 15) is 9.59 Å². The first-order valence-corrected chi connectivity index (χ1v) is 10.9. The first-order valence-electron chi connectivity index (χ1n) is 9.97. The Morgan fingerprint density at radius 2 is 1.84 bits per heavy atom. The van der Waals surface area contributed by atoms with Gasteiger partial charge in [-0.25, -0.2) is 0 Å². The fourth-order valence-electron chi connectivity index (χ4n) is 4.45. The Morgan fingerprint density at radius 1 is 1.08 bits per heavy atom. The second-order valence-electron chi connectivity index (χ2n) is 7.96. The number of carbonyl (C=O) groups is 2. The van der Waals surface area contributed by atoms with E-state index in [1.54, 1.807) is 0 Å². The average Bonchev–Trinajstić information content (AvgIpc) is 2.94. The van der Waals surface area contributed by atoms with E-state index in [0.717, 1.165) is 68.9 Å². The molecule has 1 aliphatic carbocycles. The van der Waals surface area contributed by atoms with E-state index in [1.807, 2.05) is 0 Å². The third-order valence-electron chi connectivity index (χ3n) is 6.10. The summed E-state index contributed by atoms with van der Waals surface area (Å²) < 4.78 is 6.14. The van der Waals surface area contributed by atoms with Crippen LogP contribution in [0.3, 0.4) is 0 Å². The van der Waals surface area contributed by atoms with Gasteiger partial charge in [-0.2, -0.15) is 0 Å². The highest BCUT2D eigenvalue weighted by Crippen LogP contribution is 2.34. The lowest BCUT2D eigenvalue weighted by Crippen LogP contribution is -2.36. The minimum absolute atomic E-state index is 0.0974. The highest BCUT2D eigenvalue weighted by Gasteiger charge is 2.34. The van der Waals surface area contributed by atoms with Crippen molar-refractivity contribution in [2.24, 2.45) is 17.8 Å². The van der Waals surface area contributed by atoms with Crippen molar-refractivity contribution >= 4 is 22.9 Å². The fraction of sp³-hybridized carbons (Fsp3) is 0.895. The lowest BCUT2D eigenvalue weighted by molar-refractivity contribution is -0.119. The Balaban J connectivity index is 1.29. The summed E-state index contributed by atoms with van der Waals surface area (Å²) in [6.07, 6.45) is 9.44. The van der Waals surface area contributed by atoms with Gasteiger partial charge in [0.1, 0.15) is 0 Å². The van der Waals surface area contributed by atoms with Crippen LogP contribution in [0.15, 0.2) is 0 Å².